The lowest BCUT2D eigenvalue weighted by molar-refractivity contribution is -0.136. The molecule has 0 fully saturated rings. The van der Waals surface area contributed by atoms with Gasteiger partial charge >= 0.3 is 0 Å². The van der Waals surface area contributed by atoms with Crippen LogP contribution in [0.3, 0.4) is 0 Å². The summed E-state index contributed by atoms with van der Waals surface area (Å²) in [5.74, 6) is 0.00305. The zero-order chi connectivity index (χ0) is 14.2. The first-order valence-electron chi connectivity index (χ1n) is 6.90. The summed E-state index contributed by atoms with van der Waals surface area (Å²) in [6.07, 6.45) is 3.18. The smallest absolute Gasteiger partial charge is 0.227 e. The number of thiazole rings is 1. The van der Waals surface area contributed by atoms with Crippen LogP contribution in [0.25, 0.3) is 0 Å². The predicted octanol–water partition coefficient (Wildman–Crippen LogP) is 2.27. The molecule has 0 saturated carbocycles. The van der Waals surface area contributed by atoms with Gasteiger partial charge in [-0.3, -0.25) is 4.79 Å². The van der Waals surface area contributed by atoms with Crippen LogP contribution in [-0.4, -0.2) is 28.9 Å². The van der Waals surface area contributed by atoms with Gasteiger partial charge in [0.2, 0.25) is 5.91 Å². The third-order valence-corrected chi connectivity index (χ3v) is 5.14. The van der Waals surface area contributed by atoms with E-state index in [4.69, 9.17) is 5.73 Å². The van der Waals surface area contributed by atoms with Crippen molar-refractivity contribution in [3.63, 3.8) is 0 Å². The monoisotopic (exact) mass is 281 g/mol. The molecule has 3 atom stereocenters. The Morgan fingerprint density at radius 1 is 1.53 bits per heavy atom. The minimum atomic E-state index is -0.135. The molecule has 106 valence electrons. The van der Waals surface area contributed by atoms with Crippen molar-refractivity contribution in [2.24, 2.45) is 11.7 Å². The van der Waals surface area contributed by atoms with E-state index in [1.54, 1.807) is 11.3 Å². The Kier molecular flexibility index (Phi) is 4.26. The molecule has 0 aromatic carbocycles. The highest BCUT2D eigenvalue weighted by atomic mass is 32.1. The van der Waals surface area contributed by atoms with E-state index in [0.717, 1.165) is 24.3 Å². The van der Waals surface area contributed by atoms with Crippen LogP contribution in [0.5, 0.6) is 0 Å². The number of nitrogens with two attached hydrogens (primary N) is 1. The molecule has 1 aliphatic carbocycles. The fourth-order valence-corrected chi connectivity index (χ4v) is 3.74. The molecule has 0 bridgehead atoms. The van der Waals surface area contributed by atoms with Gasteiger partial charge in [-0.25, -0.2) is 4.98 Å². The van der Waals surface area contributed by atoms with Gasteiger partial charge < -0.3 is 10.6 Å². The maximum absolute atomic E-state index is 12.4. The Morgan fingerprint density at radius 2 is 2.21 bits per heavy atom. The standard InChI is InChI=1S/C14H23N3OS/c1-8(9(2)15)14(18)17(4)12-7-5-6-11-13(12)19-10(3)16-11/h8-9,12H,5-7,15H2,1-4H3. The van der Waals surface area contributed by atoms with Crippen LogP contribution in [0.4, 0.5) is 0 Å². The van der Waals surface area contributed by atoms with E-state index >= 15 is 0 Å². The van der Waals surface area contributed by atoms with Crippen LogP contribution >= 0.6 is 11.3 Å². The summed E-state index contributed by atoms with van der Waals surface area (Å²) >= 11 is 1.73. The highest BCUT2D eigenvalue weighted by Gasteiger charge is 2.32. The van der Waals surface area contributed by atoms with Crippen LogP contribution in [0.15, 0.2) is 0 Å². The maximum Gasteiger partial charge on any atom is 0.227 e. The molecule has 0 aliphatic heterocycles. The van der Waals surface area contributed by atoms with Crippen LogP contribution in [-0.2, 0) is 11.2 Å². The van der Waals surface area contributed by atoms with Gasteiger partial charge in [0.15, 0.2) is 0 Å². The minimum Gasteiger partial charge on any atom is -0.338 e. The Balaban J connectivity index is 2.21. The van der Waals surface area contributed by atoms with Crippen molar-refractivity contribution in [2.75, 3.05) is 7.05 Å². The molecular formula is C14H23N3OS. The first kappa shape index (κ1) is 14.5. The number of hydrogen-bond donors (Lipinski definition) is 1. The molecule has 0 saturated heterocycles. The summed E-state index contributed by atoms with van der Waals surface area (Å²) in [6, 6.07) is 0.0739. The van der Waals surface area contributed by atoms with Gasteiger partial charge in [-0.1, -0.05) is 6.92 Å². The Morgan fingerprint density at radius 3 is 2.84 bits per heavy atom. The largest absolute Gasteiger partial charge is 0.338 e. The Bertz CT molecular complexity index is 469. The molecule has 0 radical (unpaired) electrons. The molecule has 19 heavy (non-hydrogen) atoms. The molecule has 1 heterocycles. The van der Waals surface area contributed by atoms with Gasteiger partial charge in [-0.15, -0.1) is 11.3 Å². The Hall–Kier alpha value is -0.940. The van der Waals surface area contributed by atoms with Gasteiger partial charge in [0.1, 0.15) is 0 Å². The fraction of sp³-hybridized carbons (Fsp3) is 0.714. The number of nitrogens with zero attached hydrogens (tertiary/aromatic N) is 2. The lowest BCUT2D eigenvalue weighted by Crippen LogP contribution is -2.42. The van der Waals surface area contributed by atoms with E-state index in [-0.39, 0.29) is 23.9 Å². The molecule has 1 aliphatic rings. The highest BCUT2D eigenvalue weighted by molar-refractivity contribution is 7.11. The molecule has 1 amide bonds. The zero-order valence-electron chi connectivity index (χ0n) is 12.1. The van der Waals surface area contributed by atoms with Gasteiger partial charge in [0.05, 0.1) is 27.5 Å². The average molecular weight is 281 g/mol. The normalized spacial score (nSPS) is 21.6. The number of fused-ring (bicyclic) bond motifs is 1. The third-order valence-electron chi connectivity index (χ3n) is 4.02. The second kappa shape index (κ2) is 5.59. The number of hydrogen-bond acceptors (Lipinski definition) is 4. The van der Waals surface area contributed by atoms with Crippen molar-refractivity contribution < 1.29 is 4.79 Å². The second-order valence-electron chi connectivity index (χ2n) is 5.55. The van der Waals surface area contributed by atoms with Crippen LogP contribution in [0.1, 0.15) is 48.3 Å². The summed E-state index contributed by atoms with van der Waals surface area (Å²) < 4.78 is 0. The molecule has 2 N–H and O–H groups in total. The molecule has 5 heteroatoms. The summed E-state index contributed by atoms with van der Waals surface area (Å²) in [6.45, 7) is 5.83. The topological polar surface area (TPSA) is 59.2 Å². The number of aromatic nitrogens is 1. The van der Waals surface area contributed by atoms with Gasteiger partial charge in [0.25, 0.3) is 0 Å². The van der Waals surface area contributed by atoms with Crippen molar-refractivity contribution in [3.8, 4) is 0 Å². The van der Waals surface area contributed by atoms with E-state index in [1.807, 2.05) is 32.7 Å². The van der Waals surface area contributed by atoms with E-state index in [1.165, 1.54) is 10.6 Å². The van der Waals surface area contributed by atoms with Gasteiger partial charge in [0, 0.05) is 13.1 Å². The Labute approximate surface area is 119 Å². The van der Waals surface area contributed by atoms with E-state index in [2.05, 4.69) is 4.98 Å². The second-order valence-corrected chi connectivity index (χ2v) is 6.78. The highest BCUT2D eigenvalue weighted by Crippen LogP contribution is 2.37. The average Bonchev–Trinajstić information content (AvgIpc) is 2.75. The summed E-state index contributed by atoms with van der Waals surface area (Å²) in [4.78, 5) is 20.2. The van der Waals surface area contributed by atoms with Crippen molar-refractivity contribution in [1.82, 2.24) is 9.88 Å². The first-order valence-corrected chi connectivity index (χ1v) is 7.72. The van der Waals surface area contributed by atoms with E-state index in [0.29, 0.717) is 0 Å². The lowest BCUT2D eigenvalue weighted by atomic mass is 9.95. The summed E-state index contributed by atoms with van der Waals surface area (Å²) in [7, 11) is 1.90. The van der Waals surface area contributed by atoms with Crippen molar-refractivity contribution in [2.45, 2.75) is 52.1 Å². The van der Waals surface area contributed by atoms with E-state index in [9.17, 15) is 4.79 Å². The molecule has 1 aromatic rings. The molecule has 0 spiro atoms. The zero-order valence-corrected chi connectivity index (χ0v) is 13.0. The van der Waals surface area contributed by atoms with Crippen molar-refractivity contribution in [1.29, 1.82) is 0 Å². The molecule has 1 aromatic heterocycles. The molecule has 2 rings (SSSR count). The third kappa shape index (κ3) is 2.82. The maximum atomic E-state index is 12.4. The molecule has 3 unspecified atom stereocenters. The van der Waals surface area contributed by atoms with E-state index < -0.39 is 0 Å². The number of aryl methyl sites for hydroxylation is 2. The lowest BCUT2D eigenvalue weighted by Gasteiger charge is -2.33. The number of carbonyl (C=O) groups excluding carboxylic acids is 1. The van der Waals surface area contributed by atoms with Gasteiger partial charge in [-0.2, -0.15) is 0 Å². The van der Waals surface area contributed by atoms with Gasteiger partial charge in [-0.05, 0) is 33.1 Å². The minimum absolute atomic E-state index is 0.110. The molecule has 4 nitrogen and oxygen atoms in total. The quantitative estimate of drug-likeness (QED) is 0.924. The van der Waals surface area contributed by atoms with Crippen LogP contribution in [0.2, 0.25) is 0 Å². The fourth-order valence-electron chi connectivity index (χ4n) is 2.59. The predicted molar refractivity (Wildman–Crippen MR) is 78.1 cm³/mol. The SMILES string of the molecule is Cc1nc2c(s1)C(N(C)C(=O)C(C)C(C)N)CCC2. The number of rotatable bonds is 3. The van der Waals surface area contributed by atoms with Crippen LogP contribution in [0, 0.1) is 12.8 Å². The first-order chi connectivity index (χ1) is 8.91. The summed E-state index contributed by atoms with van der Waals surface area (Å²) in [5, 5.41) is 1.10. The van der Waals surface area contributed by atoms with Crippen molar-refractivity contribution in [3.05, 3.63) is 15.6 Å². The number of amides is 1. The number of carbonyl (C=O) groups is 1. The van der Waals surface area contributed by atoms with Crippen molar-refractivity contribution >= 4 is 17.2 Å². The molecular weight excluding hydrogens is 258 g/mol. The van der Waals surface area contributed by atoms with Crippen LogP contribution < -0.4 is 5.73 Å². The summed E-state index contributed by atoms with van der Waals surface area (Å²) in [5.41, 5.74) is 7.03.